The standard InChI is InChI=1S/C23H20O10/c24-13-7-16(26)14-3-12(9-32-23(31)11-5-18(28)21(30)19(29)6-11)22(33-20(14)8-13)10-1-2-15(25)17(27)4-10/h1-2,4-8,12,22,24-30H,3,9H2/t12?,22-/m1/s1. The lowest BCUT2D eigenvalue weighted by molar-refractivity contribution is 0.0222. The van der Waals surface area contributed by atoms with Gasteiger partial charge in [0.05, 0.1) is 12.2 Å². The van der Waals surface area contributed by atoms with Crippen molar-refractivity contribution in [1.82, 2.24) is 0 Å². The zero-order valence-corrected chi connectivity index (χ0v) is 17.0. The van der Waals surface area contributed by atoms with Gasteiger partial charge in [0.1, 0.15) is 23.4 Å². The number of rotatable bonds is 4. The summed E-state index contributed by atoms with van der Waals surface area (Å²) in [6, 6.07) is 8.43. The van der Waals surface area contributed by atoms with E-state index >= 15 is 0 Å². The second-order valence-electron chi connectivity index (χ2n) is 7.65. The second kappa shape index (κ2) is 8.23. The number of carbonyl (C=O) groups is 1. The van der Waals surface area contributed by atoms with Crippen LogP contribution in [0, 0.1) is 5.92 Å². The fourth-order valence-corrected chi connectivity index (χ4v) is 3.72. The third-order valence-electron chi connectivity index (χ3n) is 5.38. The van der Waals surface area contributed by atoms with E-state index in [-0.39, 0.29) is 47.3 Å². The molecule has 3 aromatic carbocycles. The number of phenolic OH excluding ortho intramolecular Hbond substituents is 7. The smallest absolute Gasteiger partial charge is 0.338 e. The minimum Gasteiger partial charge on any atom is -0.508 e. The van der Waals surface area contributed by atoms with Gasteiger partial charge in [-0.2, -0.15) is 0 Å². The first-order valence-electron chi connectivity index (χ1n) is 9.79. The van der Waals surface area contributed by atoms with E-state index in [2.05, 4.69) is 0 Å². The Morgan fingerprint density at radius 1 is 0.848 bits per heavy atom. The van der Waals surface area contributed by atoms with Gasteiger partial charge in [0.2, 0.25) is 0 Å². The molecule has 4 rings (SSSR count). The molecule has 1 unspecified atom stereocenters. The summed E-state index contributed by atoms with van der Waals surface area (Å²) in [5.74, 6) is -4.55. The highest BCUT2D eigenvalue weighted by Gasteiger charge is 2.35. The van der Waals surface area contributed by atoms with Gasteiger partial charge in [-0.1, -0.05) is 6.07 Å². The molecule has 0 saturated heterocycles. The molecule has 1 heterocycles. The molecule has 7 N–H and O–H groups in total. The summed E-state index contributed by atoms with van der Waals surface area (Å²) in [6.45, 7) is -0.229. The lowest BCUT2D eigenvalue weighted by Gasteiger charge is -2.34. The average Bonchev–Trinajstić information content (AvgIpc) is 2.77. The maximum Gasteiger partial charge on any atom is 0.338 e. The van der Waals surface area contributed by atoms with Crippen molar-refractivity contribution in [3.8, 4) is 46.0 Å². The molecule has 0 saturated carbocycles. The van der Waals surface area contributed by atoms with E-state index in [0.717, 1.165) is 18.2 Å². The van der Waals surface area contributed by atoms with E-state index in [9.17, 15) is 40.5 Å². The Bertz CT molecular complexity index is 1210. The van der Waals surface area contributed by atoms with Gasteiger partial charge < -0.3 is 45.2 Å². The van der Waals surface area contributed by atoms with Crippen molar-refractivity contribution >= 4 is 5.97 Å². The van der Waals surface area contributed by atoms with Crippen LogP contribution in [-0.4, -0.2) is 48.3 Å². The van der Waals surface area contributed by atoms with Gasteiger partial charge in [-0.15, -0.1) is 0 Å². The zero-order chi connectivity index (χ0) is 23.9. The van der Waals surface area contributed by atoms with E-state index in [0.29, 0.717) is 11.1 Å². The van der Waals surface area contributed by atoms with E-state index < -0.39 is 35.2 Å². The van der Waals surface area contributed by atoms with Crippen LogP contribution in [0.15, 0.2) is 42.5 Å². The molecule has 2 atom stereocenters. The lowest BCUT2D eigenvalue weighted by Crippen LogP contribution is -2.30. The van der Waals surface area contributed by atoms with Crippen LogP contribution in [-0.2, 0) is 11.2 Å². The van der Waals surface area contributed by atoms with Crippen molar-refractivity contribution < 1.29 is 50.0 Å². The molecule has 1 aliphatic rings. The summed E-state index contributed by atoms with van der Waals surface area (Å²) in [5, 5.41) is 68.2. The molecule has 0 spiro atoms. The van der Waals surface area contributed by atoms with Crippen LogP contribution in [0.1, 0.15) is 27.6 Å². The number of benzene rings is 3. The minimum atomic E-state index is -0.895. The molecule has 10 heteroatoms. The molecule has 0 amide bonds. The lowest BCUT2D eigenvalue weighted by atomic mass is 9.86. The van der Waals surface area contributed by atoms with Gasteiger partial charge in [0.25, 0.3) is 0 Å². The quantitative estimate of drug-likeness (QED) is 0.228. The number of aromatic hydroxyl groups is 7. The number of fused-ring (bicyclic) bond motifs is 1. The molecule has 0 radical (unpaired) electrons. The SMILES string of the molecule is O=C(OCC1Cc2c(O)cc(O)cc2O[C@@H]1c1ccc(O)c(O)c1)c1cc(O)c(O)c(O)c1. The number of hydrogen-bond donors (Lipinski definition) is 7. The van der Waals surface area contributed by atoms with Gasteiger partial charge in [-0.05, 0) is 36.2 Å². The first kappa shape index (κ1) is 21.8. The molecule has 0 fully saturated rings. The second-order valence-corrected chi connectivity index (χ2v) is 7.65. The van der Waals surface area contributed by atoms with Gasteiger partial charge >= 0.3 is 5.97 Å². The highest BCUT2D eigenvalue weighted by atomic mass is 16.5. The third kappa shape index (κ3) is 4.18. The fourth-order valence-electron chi connectivity index (χ4n) is 3.72. The van der Waals surface area contributed by atoms with Crippen LogP contribution in [0.3, 0.4) is 0 Å². The number of esters is 1. The van der Waals surface area contributed by atoms with Crippen LogP contribution >= 0.6 is 0 Å². The third-order valence-corrected chi connectivity index (χ3v) is 5.38. The number of carbonyl (C=O) groups excluding carboxylic acids is 1. The monoisotopic (exact) mass is 456 g/mol. The van der Waals surface area contributed by atoms with E-state index in [1.165, 1.54) is 24.3 Å². The van der Waals surface area contributed by atoms with Crippen molar-refractivity contribution in [2.75, 3.05) is 6.61 Å². The van der Waals surface area contributed by atoms with Gasteiger partial charge in [-0.3, -0.25) is 0 Å². The Balaban J connectivity index is 1.63. The predicted octanol–water partition coefficient (Wildman–Crippen LogP) is 2.78. The number of phenols is 7. The van der Waals surface area contributed by atoms with E-state index in [4.69, 9.17) is 9.47 Å². The zero-order valence-electron chi connectivity index (χ0n) is 17.0. The molecule has 172 valence electrons. The molecular formula is C23H20O10. The molecule has 3 aromatic rings. The van der Waals surface area contributed by atoms with Crippen molar-refractivity contribution in [3.63, 3.8) is 0 Å². The predicted molar refractivity (Wildman–Crippen MR) is 112 cm³/mol. The summed E-state index contributed by atoms with van der Waals surface area (Å²) < 4.78 is 11.3. The minimum absolute atomic E-state index is 0.174. The molecule has 0 aliphatic carbocycles. The molecule has 0 aromatic heterocycles. The summed E-state index contributed by atoms with van der Waals surface area (Å²) in [7, 11) is 0. The molecule has 1 aliphatic heterocycles. The highest BCUT2D eigenvalue weighted by Crippen LogP contribution is 2.45. The highest BCUT2D eigenvalue weighted by molar-refractivity contribution is 5.91. The Labute approximate surface area is 186 Å². The first-order valence-corrected chi connectivity index (χ1v) is 9.79. The summed E-state index contributed by atoms with van der Waals surface area (Å²) in [5.41, 5.74) is 0.624. The fraction of sp³-hybridized carbons (Fsp3) is 0.174. The maximum atomic E-state index is 12.5. The Morgan fingerprint density at radius 2 is 1.55 bits per heavy atom. The maximum absolute atomic E-state index is 12.5. The Kier molecular flexibility index (Phi) is 5.42. The van der Waals surface area contributed by atoms with E-state index in [1.807, 2.05) is 0 Å². The van der Waals surface area contributed by atoms with Crippen LogP contribution in [0.5, 0.6) is 46.0 Å². The van der Waals surface area contributed by atoms with Crippen molar-refractivity contribution in [2.45, 2.75) is 12.5 Å². The van der Waals surface area contributed by atoms with Crippen LogP contribution < -0.4 is 4.74 Å². The molecule has 0 bridgehead atoms. The molecule has 10 nitrogen and oxygen atoms in total. The molecule has 33 heavy (non-hydrogen) atoms. The van der Waals surface area contributed by atoms with Crippen molar-refractivity contribution in [1.29, 1.82) is 0 Å². The Morgan fingerprint density at radius 3 is 2.21 bits per heavy atom. The van der Waals surface area contributed by atoms with Crippen LogP contribution in [0.4, 0.5) is 0 Å². The number of hydrogen-bond acceptors (Lipinski definition) is 10. The van der Waals surface area contributed by atoms with Crippen molar-refractivity contribution in [3.05, 3.63) is 59.2 Å². The van der Waals surface area contributed by atoms with Crippen LogP contribution in [0.25, 0.3) is 0 Å². The Hall–Kier alpha value is -4.47. The van der Waals surface area contributed by atoms with Gasteiger partial charge in [-0.25, -0.2) is 4.79 Å². The van der Waals surface area contributed by atoms with Gasteiger partial charge in [0, 0.05) is 23.6 Å². The summed E-state index contributed by atoms with van der Waals surface area (Å²) >= 11 is 0. The summed E-state index contributed by atoms with van der Waals surface area (Å²) in [6.07, 6.45) is -0.618. The average molecular weight is 456 g/mol. The number of ether oxygens (including phenoxy) is 2. The molecular weight excluding hydrogens is 436 g/mol. The van der Waals surface area contributed by atoms with E-state index in [1.54, 1.807) is 0 Å². The summed E-state index contributed by atoms with van der Waals surface area (Å²) in [4.78, 5) is 12.5. The van der Waals surface area contributed by atoms with Crippen molar-refractivity contribution in [2.24, 2.45) is 5.92 Å². The van der Waals surface area contributed by atoms with Crippen LogP contribution in [0.2, 0.25) is 0 Å². The topological polar surface area (TPSA) is 177 Å². The first-order chi connectivity index (χ1) is 15.6. The van der Waals surface area contributed by atoms with Gasteiger partial charge in [0.15, 0.2) is 28.7 Å². The normalized spacial score (nSPS) is 17.1. The largest absolute Gasteiger partial charge is 0.508 e.